The molecule has 5 nitrogen and oxygen atoms in total. The van der Waals surface area contributed by atoms with Crippen LogP contribution in [0.15, 0.2) is 5.16 Å². The summed E-state index contributed by atoms with van der Waals surface area (Å²) in [4.78, 5) is 2.20. The summed E-state index contributed by atoms with van der Waals surface area (Å²) in [7, 11) is 0. The van der Waals surface area contributed by atoms with E-state index in [-0.39, 0.29) is 5.84 Å². The van der Waals surface area contributed by atoms with Gasteiger partial charge in [0.2, 0.25) is 0 Å². The van der Waals surface area contributed by atoms with E-state index in [1.807, 2.05) is 6.92 Å². The van der Waals surface area contributed by atoms with Gasteiger partial charge in [-0.05, 0) is 26.3 Å². The van der Waals surface area contributed by atoms with Gasteiger partial charge in [-0.2, -0.15) is 0 Å². The number of likely N-dealkylation sites (tertiary alicyclic amines) is 1. The molecule has 0 aromatic carbocycles. The van der Waals surface area contributed by atoms with Crippen molar-refractivity contribution >= 4 is 5.84 Å². The maximum absolute atomic E-state index is 9.69. The molecular weight excluding hydrogens is 182 g/mol. The first-order valence-electron chi connectivity index (χ1n) is 4.95. The normalized spacial score (nSPS) is 29.7. The third-order valence-electron chi connectivity index (χ3n) is 2.57. The van der Waals surface area contributed by atoms with Crippen molar-refractivity contribution in [2.45, 2.75) is 31.8 Å². The Morgan fingerprint density at radius 1 is 1.64 bits per heavy atom. The smallest absolute Gasteiger partial charge is 0.139 e. The Hall–Kier alpha value is -0.810. The fraction of sp³-hybridized carbons (Fsp3) is 0.889. The van der Waals surface area contributed by atoms with Crippen LogP contribution in [0.3, 0.4) is 0 Å². The Bertz CT molecular complexity index is 216. The van der Waals surface area contributed by atoms with Gasteiger partial charge >= 0.3 is 0 Å². The van der Waals surface area contributed by atoms with Crippen molar-refractivity contribution in [1.82, 2.24) is 4.90 Å². The third-order valence-corrected chi connectivity index (χ3v) is 2.57. The molecule has 82 valence electrons. The van der Waals surface area contributed by atoms with E-state index in [1.54, 1.807) is 0 Å². The predicted octanol–water partition coefficient (Wildman–Crippen LogP) is -0.0303. The Kier molecular flexibility index (Phi) is 3.71. The fourth-order valence-electron chi connectivity index (χ4n) is 1.76. The van der Waals surface area contributed by atoms with E-state index in [0.29, 0.717) is 6.42 Å². The second kappa shape index (κ2) is 4.61. The molecule has 1 rings (SSSR count). The van der Waals surface area contributed by atoms with Crippen molar-refractivity contribution in [2.75, 3.05) is 19.6 Å². The van der Waals surface area contributed by atoms with E-state index in [1.165, 1.54) is 0 Å². The molecule has 1 aliphatic heterocycles. The van der Waals surface area contributed by atoms with Crippen molar-refractivity contribution in [3.8, 4) is 0 Å². The van der Waals surface area contributed by atoms with Gasteiger partial charge in [-0.25, -0.2) is 0 Å². The molecule has 1 saturated heterocycles. The van der Waals surface area contributed by atoms with E-state index in [9.17, 15) is 5.11 Å². The molecule has 1 unspecified atom stereocenters. The molecule has 0 saturated carbocycles. The van der Waals surface area contributed by atoms with E-state index in [4.69, 9.17) is 10.9 Å². The minimum absolute atomic E-state index is 0.274. The van der Waals surface area contributed by atoms with Gasteiger partial charge < -0.3 is 20.9 Å². The van der Waals surface area contributed by atoms with Crippen LogP contribution in [0.4, 0.5) is 0 Å². The molecule has 4 N–H and O–H groups in total. The minimum atomic E-state index is -0.531. The first-order chi connectivity index (χ1) is 6.53. The highest BCUT2D eigenvalue weighted by Gasteiger charge is 2.30. The van der Waals surface area contributed by atoms with Crippen molar-refractivity contribution in [2.24, 2.45) is 10.9 Å². The number of β-amino-alcohol motifs (C(OH)–C–C–N with tert-alkyl or cyclic N) is 1. The van der Waals surface area contributed by atoms with Crippen molar-refractivity contribution < 1.29 is 10.3 Å². The van der Waals surface area contributed by atoms with Crippen LogP contribution >= 0.6 is 0 Å². The van der Waals surface area contributed by atoms with Gasteiger partial charge in [0.05, 0.1) is 5.60 Å². The highest BCUT2D eigenvalue weighted by atomic mass is 16.4. The minimum Gasteiger partial charge on any atom is -0.409 e. The average molecular weight is 201 g/mol. The van der Waals surface area contributed by atoms with Gasteiger partial charge in [0.1, 0.15) is 5.84 Å². The highest BCUT2D eigenvalue weighted by molar-refractivity contribution is 5.79. The van der Waals surface area contributed by atoms with E-state index in [2.05, 4.69) is 10.1 Å². The van der Waals surface area contributed by atoms with Gasteiger partial charge in [0, 0.05) is 19.5 Å². The van der Waals surface area contributed by atoms with Gasteiger partial charge in [-0.3, -0.25) is 0 Å². The molecule has 5 heteroatoms. The SMILES string of the molecule is CC1(O)CCN(CCCC(N)=NO)C1. The van der Waals surface area contributed by atoms with Crippen LogP contribution in [0.5, 0.6) is 0 Å². The van der Waals surface area contributed by atoms with Gasteiger partial charge in [-0.1, -0.05) is 5.16 Å². The molecule has 1 aliphatic rings. The fourth-order valence-corrected chi connectivity index (χ4v) is 1.76. The molecule has 0 aromatic heterocycles. The van der Waals surface area contributed by atoms with E-state index < -0.39 is 5.60 Å². The summed E-state index contributed by atoms with van der Waals surface area (Å²) >= 11 is 0. The number of hydrogen-bond acceptors (Lipinski definition) is 4. The second-order valence-electron chi connectivity index (χ2n) is 4.22. The maximum Gasteiger partial charge on any atom is 0.139 e. The molecule has 0 bridgehead atoms. The molecule has 1 fully saturated rings. The van der Waals surface area contributed by atoms with Gasteiger partial charge in [0.25, 0.3) is 0 Å². The van der Waals surface area contributed by atoms with Crippen LogP contribution in [0.2, 0.25) is 0 Å². The lowest BCUT2D eigenvalue weighted by Crippen LogP contribution is -2.30. The summed E-state index contributed by atoms with van der Waals surface area (Å²) in [6.07, 6.45) is 2.30. The molecule has 0 radical (unpaired) electrons. The number of hydrogen-bond donors (Lipinski definition) is 3. The number of nitrogens with zero attached hydrogens (tertiary/aromatic N) is 2. The lowest BCUT2D eigenvalue weighted by Gasteiger charge is -2.18. The van der Waals surface area contributed by atoms with Crippen molar-refractivity contribution in [1.29, 1.82) is 0 Å². The summed E-state index contributed by atoms with van der Waals surface area (Å²) in [5.74, 6) is 0.274. The summed E-state index contributed by atoms with van der Waals surface area (Å²) in [6.45, 7) is 4.41. The molecule has 1 heterocycles. The molecule has 0 spiro atoms. The number of aliphatic hydroxyl groups is 1. The molecule has 0 amide bonds. The molecule has 14 heavy (non-hydrogen) atoms. The Balaban J connectivity index is 2.15. The Morgan fingerprint density at radius 3 is 2.86 bits per heavy atom. The standard InChI is InChI=1S/C9H19N3O2/c1-9(13)4-6-12(7-9)5-2-3-8(10)11-14/h13-14H,2-7H2,1H3,(H2,10,11). The van der Waals surface area contributed by atoms with Gasteiger partial charge in [0.15, 0.2) is 0 Å². The highest BCUT2D eigenvalue weighted by Crippen LogP contribution is 2.20. The second-order valence-corrected chi connectivity index (χ2v) is 4.22. The average Bonchev–Trinajstić information content (AvgIpc) is 2.45. The number of amidine groups is 1. The summed E-state index contributed by atoms with van der Waals surface area (Å²) in [6, 6.07) is 0. The first kappa shape index (κ1) is 11.3. The monoisotopic (exact) mass is 201 g/mol. The number of nitrogens with two attached hydrogens (primary N) is 1. The van der Waals surface area contributed by atoms with Crippen LogP contribution in [0, 0.1) is 0 Å². The molecule has 1 atom stereocenters. The van der Waals surface area contributed by atoms with Crippen LogP contribution in [0.1, 0.15) is 26.2 Å². The van der Waals surface area contributed by atoms with Crippen molar-refractivity contribution in [3.63, 3.8) is 0 Å². The quantitative estimate of drug-likeness (QED) is 0.258. The van der Waals surface area contributed by atoms with Crippen LogP contribution in [-0.2, 0) is 0 Å². The van der Waals surface area contributed by atoms with E-state index in [0.717, 1.165) is 32.5 Å². The van der Waals surface area contributed by atoms with Crippen LogP contribution < -0.4 is 5.73 Å². The topological polar surface area (TPSA) is 82.1 Å². The molecule has 0 aromatic rings. The van der Waals surface area contributed by atoms with Crippen molar-refractivity contribution in [3.05, 3.63) is 0 Å². The number of rotatable bonds is 4. The lowest BCUT2D eigenvalue weighted by molar-refractivity contribution is 0.0687. The van der Waals surface area contributed by atoms with Gasteiger partial charge in [-0.15, -0.1) is 0 Å². The lowest BCUT2D eigenvalue weighted by atomic mass is 10.1. The Labute approximate surface area is 84.2 Å². The van der Waals surface area contributed by atoms with Crippen LogP contribution in [-0.4, -0.2) is 46.3 Å². The summed E-state index contributed by atoms with van der Waals surface area (Å²) < 4.78 is 0. The summed E-state index contributed by atoms with van der Waals surface area (Å²) in [5, 5.41) is 20.9. The van der Waals surface area contributed by atoms with Crippen LogP contribution in [0.25, 0.3) is 0 Å². The first-order valence-corrected chi connectivity index (χ1v) is 4.95. The maximum atomic E-state index is 9.69. The third kappa shape index (κ3) is 3.51. The zero-order chi connectivity index (χ0) is 10.6. The molecular formula is C9H19N3O2. The zero-order valence-electron chi connectivity index (χ0n) is 8.61. The largest absolute Gasteiger partial charge is 0.409 e. The summed E-state index contributed by atoms with van der Waals surface area (Å²) in [5.41, 5.74) is 4.81. The zero-order valence-corrected chi connectivity index (χ0v) is 8.61. The molecule has 0 aliphatic carbocycles. The van der Waals surface area contributed by atoms with E-state index >= 15 is 0 Å². The Morgan fingerprint density at radius 2 is 2.36 bits per heavy atom. The predicted molar refractivity (Wildman–Crippen MR) is 54.3 cm³/mol. The number of oxime groups is 1.